The van der Waals surface area contributed by atoms with E-state index in [1.807, 2.05) is 6.07 Å². The normalized spacial score (nSPS) is 16.1. The van der Waals surface area contributed by atoms with Crippen LogP contribution in [0.1, 0.15) is 0 Å². The average molecular weight is 279 g/mol. The Hall–Kier alpha value is -1.73. The average Bonchev–Trinajstić information content (AvgIpc) is 2.49. The summed E-state index contributed by atoms with van der Waals surface area (Å²) in [5.74, 6) is 0.808. The van der Waals surface area contributed by atoms with Gasteiger partial charge in [-0.1, -0.05) is 0 Å². The van der Waals surface area contributed by atoms with Crippen molar-refractivity contribution in [3.63, 3.8) is 0 Å². The number of amides is 1. The number of anilines is 1. The lowest BCUT2D eigenvalue weighted by atomic mass is 10.3. The van der Waals surface area contributed by atoms with Crippen LogP contribution in [0.15, 0.2) is 18.5 Å². The monoisotopic (exact) mass is 279 g/mol. The zero-order chi connectivity index (χ0) is 14.2. The van der Waals surface area contributed by atoms with Crippen LogP contribution in [0.3, 0.4) is 0 Å². The second-order valence-electron chi connectivity index (χ2n) is 4.65. The van der Waals surface area contributed by atoms with Gasteiger partial charge in [0.25, 0.3) is 0 Å². The maximum absolute atomic E-state index is 11.7. The molecule has 1 amide bonds. The molecule has 0 atom stereocenters. The van der Waals surface area contributed by atoms with Gasteiger partial charge in [-0.05, 0) is 6.07 Å². The SMILES string of the molecule is COCCNC(=O)CN1CCN(c2ncccn2)CC1. The summed E-state index contributed by atoms with van der Waals surface area (Å²) in [4.78, 5) is 24.5. The maximum Gasteiger partial charge on any atom is 0.234 e. The number of hydrogen-bond acceptors (Lipinski definition) is 6. The molecule has 1 aromatic rings. The summed E-state index contributed by atoms with van der Waals surface area (Å²) in [7, 11) is 1.62. The third-order valence-electron chi connectivity index (χ3n) is 3.20. The minimum Gasteiger partial charge on any atom is -0.383 e. The molecular weight excluding hydrogens is 258 g/mol. The van der Waals surface area contributed by atoms with Crippen molar-refractivity contribution in [3.8, 4) is 0 Å². The Bertz CT molecular complexity index is 406. The summed E-state index contributed by atoms with van der Waals surface area (Å²) in [5, 5.41) is 2.83. The first-order chi connectivity index (χ1) is 9.79. The Balaban J connectivity index is 1.70. The predicted octanol–water partition coefficient (Wildman–Crippen LogP) is -0.639. The molecule has 1 aliphatic rings. The van der Waals surface area contributed by atoms with Gasteiger partial charge in [0.15, 0.2) is 0 Å². The Morgan fingerprint density at radius 1 is 1.30 bits per heavy atom. The van der Waals surface area contributed by atoms with Gasteiger partial charge in [-0.15, -0.1) is 0 Å². The van der Waals surface area contributed by atoms with E-state index in [-0.39, 0.29) is 5.91 Å². The highest BCUT2D eigenvalue weighted by Gasteiger charge is 2.20. The number of carbonyl (C=O) groups excluding carboxylic acids is 1. The van der Waals surface area contributed by atoms with Gasteiger partial charge in [0, 0.05) is 52.2 Å². The van der Waals surface area contributed by atoms with Crippen LogP contribution in [0.25, 0.3) is 0 Å². The standard InChI is InChI=1S/C13H21N5O2/c1-20-10-5-14-12(19)11-17-6-8-18(9-7-17)13-15-3-2-4-16-13/h2-4H,5-11H2,1H3,(H,14,19). The van der Waals surface area contributed by atoms with Gasteiger partial charge in [0.2, 0.25) is 11.9 Å². The van der Waals surface area contributed by atoms with E-state index in [1.54, 1.807) is 19.5 Å². The molecule has 1 saturated heterocycles. The smallest absolute Gasteiger partial charge is 0.234 e. The fourth-order valence-corrected chi connectivity index (χ4v) is 2.11. The minimum absolute atomic E-state index is 0.0476. The van der Waals surface area contributed by atoms with E-state index in [4.69, 9.17) is 4.74 Å². The molecule has 0 spiro atoms. The predicted molar refractivity (Wildman–Crippen MR) is 75.6 cm³/mol. The number of nitrogens with zero attached hydrogens (tertiary/aromatic N) is 4. The van der Waals surface area contributed by atoms with Gasteiger partial charge in [0.05, 0.1) is 13.2 Å². The number of methoxy groups -OCH3 is 1. The largest absolute Gasteiger partial charge is 0.383 e. The number of hydrogen-bond donors (Lipinski definition) is 1. The second kappa shape index (κ2) is 7.76. The first-order valence-electron chi connectivity index (χ1n) is 6.79. The number of piperazine rings is 1. The van der Waals surface area contributed by atoms with Crippen LogP contribution in [-0.4, -0.2) is 73.8 Å². The molecule has 7 nitrogen and oxygen atoms in total. The molecule has 1 aromatic heterocycles. The summed E-state index contributed by atoms with van der Waals surface area (Å²) in [6.07, 6.45) is 3.50. The zero-order valence-electron chi connectivity index (χ0n) is 11.8. The first kappa shape index (κ1) is 14.7. The second-order valence-corrected chi connectivity index (χ2v) is 4.65. The highest BCUT2D eigenvalue weighted by atomic mass is 16.5. The maximum atomic E-state index is 11.7. The Labute approximate surface area is 118 Å². The van der Waals surface area contributed by atoms with Crippen LogP contribution < -0.4 is 10.2 Å². The van der Waals surface area contributed by atoms with E-state index < -0.39 is 0 Å². The summed E-state index contributed by atoms with van der Waals surface area (Å²) in [6, 6.07) is 1.81. The molecule has 0 unspecified atom stereocenters. The lowest BCUT2D eigenvalue weighted by Gasteiger charge is -2.34. The van der Waals surface area contributed by atoms with E-state index in [2.05, 4.69) is 25.1 Å². The number of aromatic nitrogens is 2. The molecule has 0 radical (unpaired) electrons. The first-order valence-corrected chi connectivity index (χ1v) is 6.79. The van der Waals surface area contributed by atoms with E-state index in [1.165, 1.54) is 0 Å². The van der Waals surface area contributed by atoms with Crippen molar-refractivity contribution in [2.24, 2.45) is 0 Å². The summed E-state index contributed by atoms with van der Waals surface area (Å²) in [5.41, 5.74) is 0. The molecular formula is C13H21N5O2. The highest BCUT2D eigenvalue weighted by molar-refractivity contribution is 5.78. The fourth-order valence-electron chi connectivity index (χ4n) is 2.11. The van der Waals surface area contributed by atoms with E-state index in [9.17, 15) is 4.79 Å². The molecule has 1 aliphatic heterocycles. The van der Waals surface area contributed by atoms with Crippen LogP contribution in [-0.2, 0) is 9.53 Å². The van der Waals surface area contributed by atoms with Gasteiger partial charge in [-0.2, -0.15) is 0 Å². The third-order valence-corrected chi connectivity index (χ3v) is 3.20. The van der Waals surface area contributed by atoms with Crippen LogP contribution in [0.2, 0.25) is 0 Å². The lowest BCUT2D eigenvalue weighted by Crippen LogP contribution is -2.50. The molecule has 0 aliphatic carbocycles. The molecule has 0 bridgehead atoms. The quantitative estimate of drug-likeness (QED) is 0.699. The van der Waals surface area contributed by atoms with Crippen molar-refractivity contribution in [3.05, 3.63) is 18.5 Å². The van der Waals surface area contributed by atoms with Crippen molar-refractivity contribution in [1.29, 1.82) is 0 Å². The van der Waals surface area contributed by atoms with E-state index in [0.717, 1.165) is 32.1 Å². The van der Waals surface area contributed by atoms with Crippen LogP contribution >= 0.6 is 0 Å². The molecule has 20 heavy (non-hydrogen) atoms. The lowest BCUT2D eigenvalue weighted by molar-refractivity contribution is -0.122. The Kier molecular flexibility index (Phi) is 5.69. The van der Waals surface area contributed by atoms with Crippen LogP contribution in [0.5, 0.6) is 0 Å². The van der Waals surface area contributed by atoms with Gasteiger partial charge in [-0.25, -0.2) is 9.97 Å². The molecule has 0 saturated carbocycles. The summed E-state index contributed by atoms with van der Waals surface area (Å²) < 4.78 is 4.90. The number of carbonyl (C=O) groups is 1. The third kappa shape index (κ3) is 4.43. The van der Waals surface area contributed by atoms with Gasteiger partial charge < -0.3 is 15.0 Å². The van der Waals surface area contributed by atoms with Gasteiger partial charge in [0.1, 0.15) is 0 Å². The van der Waals surface area contributed by atoms with Crippen molar-refractivity contribution in [2.45, 2.75) is 0 Å². The topological polar surface area (TPSA) is 70.6 Å². The summed E-state index contributed by atoms with van der Waals surface area (Å²) >= 11 is 0. The number of nitrogens with one attached hydrogen (secondary N) is 1. The Morgan fingerprint density at radius 2 is 2.00 bits per heavy atom. The fraction of sp³-hybridized carbons (Fsp3) is 0.615. The van der Waals surface area contributed by atoms with Crippen molar-refractivity contribution < 1.29 is 9.53 Å². The zero-order valence-corrected chi connectivity index (χ0v) is 11.8. The minimum atomic E-state index is 0.0476. The molecule has 1 N–H and O–H groups in total. The Morgan fingerprint density at radius 3 is 2.65 bits per heavy atom. The number of ether oxygens (including phenoxy) is 1. The van der Waals surface area contributed by atoms with Crippen LogP contribution in [0.4, 0.5) is 5.95 Å². The molecule has 2 rings (SSSR count). The number of rotatable bonds is 6. The van der Waals surface area contributed by atoms with E-state index in [0.29, 0.717) is 19.7 Å². The molecule has 2 heterocycles. The van der Waals surface area contributed by atoms with Gasteiger partial charge in [-0.3, -0.25) is 9.69 Å². The van der Waals surface area contributed by atoms with Crippen LogP contribution in [0, 0.1) is 0 Å². The molecule has 110 valence electrons. The van der Waals surface area contributed by atoms with E-state index >= 15 is 0 Å². The van der Waals surface area contributed by atoms with Crippen molar-refractivity contribution in [2.75, 3.05) is 57.9 Å². The summed E-state index contributed by atoms with van der Waals surface area (Å²) in [6.45, 7) is 4.92. The molecule has 1 fully saturated rings. The molecule has 7 heteroatoms. The highest BCUT2D eigenvalue weighted by Crippen LogP contribution is 2.09. The van der Waals surface area contributed by atoms with Gasteiger partial charge >= 0.3 is 0 Å². The van der Waals surface area contributed by atoms with Crippen molar-refractivity contribution in [1.82, 2.24) is 20.2 Å². The van der Waals surface area contributed by atoms with Crippen molar-refractivity contribution >= 4 is 11.9 Å². The molecule has 0 aromatic carbocycles.